The zero-order valence-corrected chi connectivity index (χ0v) is 12.1. The highest BCUT2D eigenvalue weighted by Crippen LogP contribution is 1.97. The molecule has 1 aromatic rings. The van der Waals surface area contributed by atoms with Crippen LogP contribution in [0.5, 0.6) is 0 Å². The highest BCUT2D eigenvalue weighted by atomic mass is 13.8. The summed E-state index contributed by atoms with van der Waals surface area (Å²) in [5.74, 6) is 0. The van der Waals surface area contributed by atoms with Crippen molar-refractivity contribution in [3.63, 3.8) is 0 Å². The van der Waals surface area contributed by atoms with Crippen molar-refractivity contribution in [2.24, 2.45) is 0 Å². The molecule has 0 bridgehead atoms. The van der Waals surface area contributed by atoms with Crippen LogP contribution in [0.1, 0.15) is 45.1 Å². The van der Waals surface area contributed by atoms with Crippen molar-refractivity contribution in [1.29, 1.82) is 0 Å². The maximum atomic E-state index is 3.63. The largest absolute Gasteiger partial charge is 0.0991 e. The molecular formula is C18H28. The first kappa shape index (κ1) is 18.8. The lowest BCUT2D eigenvalue weighted by Gasteiger charge is -1.86. The minimum Gasteiger partial charge on any atom is -0.0991 e. The molecule has 0 saturated carbocycles. The summed E-state index contributed by atoms with van der Waals surface area (Å²) < 4.78 is 0. The fourth-order valence-electron chi connectivity index (χ4n) is 1.09. The van der Waals surface area contributed by atoms with Crippen LogP contribution in [0, 0.1) is 0 Å². The van der Waals surface area contributed by atoms with Crippen molar-refractivity contribution >= 4 is 6.08 Å². The summed E-state index contributed by atoms with van der Waals surface area (Å²) in [6, 6.07) is 10.0. The van der Waals surface area contributed by atoms with Gasteiger partial charge in [0.1, 0.15) is 0 Å². The molecule has 100 valence electrons. The standard InChI is InChI=1S/C8H8.C6H14.C4H6/c1-2-8-6-4-3-5-7-8;1-3-5-6-4-2;1-3-4-2/h2-7H,1H2;3-6H2,1-2H3;3-4H,1-2H2. The Labute approximate surface area is 114 Å². The molecule has 0 aliphatic carbocycles. The highest BCUT2D eigenvalue weighted by molar-refractivity contribution is 5.45. The molecule has 0 unspecified atom stereocenters. The predicted octanol–water partition coefficient (Wildman–Crippen LogP) is 6.27. The fraction of sp³-hybridized carbons (Fsp3) is 0.333. The molecule has 0 heterocycles. The minimum atomic E-state index is 1.17. The maximum Gasteiger partial charge on any atom is -0.0263 e. The molecule has 0 fully saturated rings. The first-order valence-electron chi connectivity index (χ1n) is 6.67. The Bertz CT molecular complexity index is 272. The molecule has 0 atom stereocenters. The predicted molar refractivity (Wildman–Crippen MR) is 86.7 cm³/mol. The van der Waals surface area contributed by atoms with Crippen molar-refractivity contribution in [3.05, 3.63) is 67.8 Å². The Morgan fingerprint density at radius 1 is 0.833 bits per heavy atom. The Morgan fingerprint density at radius 2 is 1.28 bits per heavy atom. The first-order chi connectivity index (χ1) is 8.76. The normalized spacial score (nSPS) is 7.89. The van der Waals surface area contributed by atoms with Gasteiger partial charge in [-0.05, 0) is 5.56 Å². The Kier molecular flexibility index (Phi) is 18.6. The lowest BCUT2D eigenvalue weighted by molar-refractivity contribution is 0.702. The van der Waals surface area contributed by atoms with Crippen molar-refractivity contribution in [3.8, 4) is 0 Å². The average molecular weight is 244 g/mol. The SMILES string of the molecule is C=CC=C.C=Cc1ccccc1.CCCCCC. The third-order valence-electron chi connectivity index (χ3n) is 2.16. The van der Waals surface area contributed by atoms with Gasteiger partial charge in [0.2, 0.25) is 0 Å². The molecule has 0 spiro atoms. The zero-order valence-electron chi connectivity index (χ0n) is 12.1. The Morgan fingerprint density at radius 3 is 1.50 bits per heavy atom. The van der Waals surface area contributed by atoms with E-state index < -0.39 is 0 Å². The number of hydrogen-bond acceptors (Lipinski definition) is 0. The van der Waals surface area contributed by atoms with E-state index in [1.54, 1.807) is 12.2 Å². The van der Waals surface area contributed by atoms with Gasteiger partial charge in [0.05, 0.1) is 0 Å². The molecule has 0 heteroatoms. The van der Waals surface area contributed by atoms with E-state index in [1.807, 2.05) is 36.4 Å². The van der Waals surface area contributed by atoms with E-state index in [-0.39, 0.29) is 0 Å². The number of hydrogen-bond donors (Lipinski definition) is 0. The lowest BCUT2D eigenvalue weighted by Crippen LogP contribution is -1.66. The number of benzene rings is 1. The van der Waals surface area contributed by atoms with Gasteiger partial charge in [-0.3, -0.25) is 0 Å². The molecule has 1 rings (SSSR count). The summed E-state index contributed by atoms with van der Waals surface area (Å²) in [5.41, 5.74) is 1.17. The number of unbranched alkanes of at least 4 members (excludes halogenated alkanes) is 3. The first-order valence-corrected chi connectivity index (χ1v) is 6.67. The van der Waals surface area contributed by atoms with Gasteiger partial charge >= 0.3 is 0 Å². The molecule has 0 saturated heterocycles. The summed E-state index contributed by atoms with van der Waals surface area (Å²) in [7, 11) is 0. The van der Waals surface area contributed by atoms with Crippen LogP contribution in [0.4, 0.5) is 0 Å². The second-order valence-corrected chi connectivity index (χ2v) is 3.79. The molecule has 0 radical (unpaired) electrons. The summed E-state index contributed by atoms with van der Waals surface area (Å²) in [6.07, 6.45) is 10.6. The van der Waals surface area contributed by atoms with Crippen LogP contribution >= 0.6 is 0 Å². The quantitative estimate of drug-likeness (QED) is 0.422. The summed E-state index contributed by atoms with van der Waals surface area (Å²) >= 11 is 0. The molecule has 0 N–H and O–H groups in total. The smallest absolute Gasteiger partial charge is 0.0263 e. The van der Waals surface area contributed by atoms with E-state index in [2.05, 4.69) is 33.6 Å². The van der Waals surface area contributed by atoms with Gasteiger partial charge in [-0.2, -0.15) is 0 Å². The minimum absolute atomic E-state index is 1.17. The monoisotopic (exact) mass is 244 g/mol. The van der Waals surface area contributed by atoms with Crippen molar-refractivity contribution in [2.45, 2.75) is 39.5 Å². The van der Waals surface area contributed by atoms with E-state index in [9.17, 15) is 0 Å². The molecule has 0 aliphatic heterocycles. The second kappa shape index (κ2) is 17.8. The topological polar surface area (TPSA) is 0 Å². The van der Waals surface area contributed by atoms with Gasteiger partial charge in [-0.1, -0.05) is 108 Å². The van der Waals surface area contributed by atoms with Crippen molar-refractivity contribution < 1.29 is 0 Å². The average Bonchev–Trinajstić information content (AvgIpc) is 2.47. The van der Waals surface area contributed by atoms with Crippen molar-refractivity contribution in [1.82, 2.24) is 0 Å². The van der Waals surface area contributed by atoms with Crippen LogP contribution in [-0.4, -0.2) is 0 Å². The molecule has 18 heavy (non-hydrogen) atoms. The van der Waals surface area contributed by atoms with Crippen LogP contribution in [0.25, 0.3) is 6.08 Å². The molecular weight excluding hydrogens is 216 g/mol. The maximum absolute atomic E-state index is 3.63. The zero-order chi connectivity index (χ0) is 14.1. The number of rotatable bonds is 5. The van der Waals surface area contributed by atoms with E-state index in [0.717, 1.165) is 0 Å². The van der Waals surface area contributed by atoms with E-state index in [0.29, 0.717) is 0 Å². The van der Waals surface area contributed by atoms with Gasteiger partial charge in [0.25, 0.3) is 0 Å². The van der Waals surface area contributed by atoms with Crippen LogP contribution in [-0.2, 0) is 0 Å². The third kappa shape index (κ3) is 16.9. The van der Waals surface area contributed by atoms with Crippen LogP contribution in [0.15, 0.2) is 62.2 Å². The van der Waals surface area contributed by atoms with Gasteiger partial charge in [-0.25, -0.2) is 0 Å². The van der Waals surface area contributed by atoms with Gasteiger partial charge < -0.3 is 0 Å². The van der Waals surface area contributed by atoms with E-state index in [1.165, 1.54) is 31.2 Å². The highest BCUT2D eigenvalue weighted by Gasteiger charge is 1.76. The lowest BCUT2D eigenvalue weighted by atomic mass is 10.2. The van der Waals surface area contributed by atoms with E-state index >= 15 is 0 Å². The molecule has 0 amide bonds. The Balaban J connectivity index is 0. The molecule has 0 aromatic heterocycles. The fourth-order valence-corrected chi connectivity index (χ4v) is 1.09. The van der Waals surface area contributed by atoms with Gasteiger partial charge in [0.15, 0.2) is 0 Å². The van der Waals surface area contributed by atoms with Crippen molar-refractivity contribution in [2.75, 3.05) is 0 Å². The summed E-state index contributed by atoms with van der Waals surface area (Å²) in [4.78, 5) is 0. The Hall–Kier alpha value is -1.56. The second-order valence-electron chi connectivity index (χ2n) is 3.79. The molecule has 0 aliphatic rings. The molecule has 1 aromatic carbocycles. The van der Waals surface area contributed by atoms with Gasteiger partial charge in [-0.15, -0.1) is 0 Å². The molecule has 0 nitrogen and oxygen atoms in total. The summed E-state index contributed by atoms with van der Waals surface area (Å²) in [5, 5.41) is 0. The summed E-state index contributed by atoms with van der Waals surface area (Å²) in [6.45, 7) is 14.8. The van der Waals surface area contributed by atoms with Crippen LogP contribution in [0.2, 0.25) is 0 Å². The third-order valence-corrected chi connectivity index (χ3v) is 2.16. The van der Waals surface area contributed by atoms with E-state index in [4.69, 9.17) is 0 Å². The van der Waals surface area contributed by atoms with Crippen LogP contribution < -0.4 is 0 Å². The van der Waals surface area contributed by atoms with Crippen LogP contribution in [0.3, 0.4) is 0 Å². The van der Waals surface area contributed by atoms with Gasteiger partial charge in [0, 0.05) is 0 Å². The number of allylic oxidation sites excluding steroid dienone is 2.